The number of aromatic nitrogens is 1. The van der Waals surface area contributed by atoms with Gasteiger partial charge in [0, 0.05) is 24.3 Å². The van der Waals surface area contributed by atoms with Crippen molar-refractivity contribution in [3.63, 3.8) is 0 Å². The zero-order valence-corrected chi connectivity index (χ0v) is 11.4. The van der Waals surface area contributed by atoms with Gasteiger partial charge in [-0.05, 0) is 51.3 Å². The van der Waals surface area contributed by atoms with E-state index in [0.29, 0.717) is 17.8 Å². The topological polar surface area (TPSA) is 45.2 Å². The van der Waals surface area contributed by atoms with Crippen molar-refractivity contribution in [3.05, 3.63) is 29.6 Å². The van der Waals surface area contributed by atoms with Gasteiger partial charge in [0.15, 0.2) is 0 Å². The van der Waals surface area contributed by atoms with Crippen LogP contribution in [-0.4, -0.2) is 41.0 Å². The van der Waals surface area contributed by atoms with Crippen molar-refractivity contribution < 1.29 is 4.79 Å². The summed E-state index contributed by atoms with van der Waals surface area (Å²) >= 11 is 0. The number of pyridine rings is 1. The van der Waals surface area contributed by atoms with Crippen LogP contribution in [0.5, 0.6) is 0 Å². The Balaban J connectivity index is 1.73. The third kappa shape index (κ3) is 2.95. The summed E-state index contributed by atoms with van der Waals surface area (Å²) in [5.74, 6) is 0.0971. The van der Waals surface area contributed by atoms with Gasteiger partial charge < -0.3 is 10.2 Å². The number of nitrogens with one attached hydrogen (secondary N) is 1. The molecule has 2 aliphatic rings. The maximum atomic E-state index is 12.6. The monoisotopic (exact) mass is 259 g/mol. The van der Waals surface area contributed by atoms with E-state index in [-0.39, 0.29) is 5.91 Å². The van der Waals surface area contributed by atoms with Gasteiger partial charge in [-0.1, -0.05) is 6.07 Å². The summed E-state index contributed by atoms with van der Waals surface area (Å²) in [6.07, 6.45) is 4.69. The summed E-state index contributed by atoms with van der Waals surface area (Å²) in [5.41, 5.74) is 1.49. The number of aryl methyl sites for hydroxylation is 1. The quantitative estimate of drug-likeness (QED) is 0.896. The van der Waals surface area contributed by atoms with Crippen LogP contribution in [0.15, 0.2) is 18.2 Å². The fourth-order valence-corrected chi connectivity index (χ4v) is 2.74. The first-order valence-electron chi connectivity index (χ1n) is 7.22. The summed E-state index contributed by atoms with van der Waals surface area (Å²) in [5, 5.41) is 3.47. The van der Waals surface area contributed by atoms with Crippen molar-refractivity contribution in [2.24, 2.45) is 0 Å². The van der Waals surface area contributed by atoms with Crippen molar-refractivity contribution in [2.45, 2.75) is 44.7 Å². The molecule has 1 atom stereocenters. The highest BCUT2D eigenvalue weighted by atomic mass is 16.2. The number of nitrogens with zero attached hydrogens (tertiary/aromatic N) is 2. The SMILES string of the molecule is Cc1cccc(C(=O)N(CC2CCCN2)C2CC2)n1. The molecular formula is C15H21N3O. The Morgan fingerprint density at radius 3 is 2.89 bits per heavy atom. The standard InChI is InChI=1S/C15H21N3O/c1-11-4-2-6-14(17-11)15(19)18(13-7-8-13)10-12-5-3-9-16-12/h2,4,6,12-13,16H,3,5,7-10H2,1H3. The van der Waals surface area contributed by atoms with Gasteiger partial charge in [-0.25, -0.2) is 4.98 Å². The molecule has 0 radical (unpaired) electrons. The molecule has 1 saturated carbocycles. The molecule has 1 aromatic heterocycles. The lowest BCUT2D eigenvalue weighted by atomic mass is 10.2. The van der Waals surface area contributed by atoms with Crippen molar-refractivity contribution in [1.29, 1.82) is 0 Å². The molecule has 1 saturated heterocycles. The van der Waals surface area contributed by atoms with Crippen LogP contribution in [0, 0.1) is 6.92 Å². The fraction of sp³-hybridized carbons (Fsp3) is 0.600. The molecule has 0 spiro atoms. The first-order chi connectivity index (χ1) is 9.24. The second-order valence-electron chi connectivity index (χ2n) is 5.65. The molecule has 2 heterocycles. The Morgan fingerprint density at radius 1 is 1.42 bits per heavy atom. The van der Waals surface area contributed by atoms with E-state index in [1.54, 1.807) is 0 Å². The third-order valence-corrected chi connectivity index (χ3v) is 3.94. The molecule has 1 aromatic rings. The Bertz CT molecular complexity index is 464. The van der Waals surface area contributed by atoms with Gasteiger partial charge in [-0.15, -0.1) is 0 Å². The molecule has 0 bridgehead atoms. The van der Waals surface area contributed by atoms with Crippen LogP contribution in [0.2, 0.25) is 0 Å². The highest BCUT2D eigenvalue weighted by Crippen LogP contribution is 2.29. The molecule has 2 fully saturated rings. The van der Waals surface area contributed by atoms with Gasteiger partial charge in [0.1, 0.15) is 5.69 Å². The maximum absolute atomic E-state index is 12.6. The van der Waals surface area contributed by atoms with Crippen LogP contribution in [-0.2, 0) is 0 Å². The lowest BCUT2D eigenvalue weighted by Crippen LogP contribution is -2.42. The number of carbonyl (C=O) groups is 1. The fourth-order valence-electron chi connectivity index (χ4n) is 2.74. The first-order valence-corrected chi connectivity index (χ1v) is 7.22. The van der Waals surface area contributed by atoms with Crippen molar-refractivity contribution in [3.8, 4) is 0 Å². The van der Waals surface area contributed by atoms with Gasteiger partial charge in [0.25, 0.3) is 5.91 Å². The van der Waals surface area contributed by atoms with E-state index in [2.05, 4.69) is 10.3 Å². The number of amides is 1. The van der Waals surface area contributed by atoms with E-state index in [1.807, 2.05) is 30.0 Å². The number of hydrogen-bond acceptors (Lipinski definition) is 3. The molecule has 4 heteroatoms. The number of carbonyl (C=O) groups excluding carboxylic acids is 1. The van der Waals surface area contributed by atoms with Gasteiger partial charge in [-0.3, -0.25) is 4.79 Å². The highest BCUT2D eigenvalue weighted by Gasteiger charge is 2.35. The van der Waals surface area contributed by atoms with E-state index in [0.717, 1.165) is 31.6 Å². The summed E-state index contributed by atoms with van der Waals surface area (Å²) in [6.45, 7) is 3.84. The highest BCUT2D eigenvalue weighted by molar-refractivity contribution is 5.92. The minimum Gasteiger partial charge on any atom is -0.333 e. The summed E-state index contributed by atoms with van der Waals surface area (Å²) in [7, 11) is 0. The smallest absolute Gasteiger partial charge is 0.272 e. The predicted molar refractivity (Wildman–Crippen MR) is 74.1 cm³/mol. The Kier molecular flexibility index (Phi) is 3.51. The third-order valence-electron chi connectivity index (χ3n) is 3.94. The van der Waals surface area contributed by atoms with E-state index in [4.69, 9.17) is 0 Å². The van der Waals surface area contributed by atoms with Crippen molar-refractivity contribution in [2.75, 3.05) is 13.1 Å². The molecule has 3 rings (SSSR count). The van der Waals surface area contributed by atoms with Crippen LogP contribution in [0.1, 0.15) is 41.9 Å². The molecule has 1 unspecified atom stereocenters. The zero-order chi connectivity index (χ0) is 13.2. The first kappa shape index (κ1) is 12.6. The molecule has 0 aromatic carbocycles. The molecule has 4 nitrogen and oxygen atoms in total. The zero-order valence-electron chi connectivity index (χ0n) is 11.4. The van der Waals surface area contributed by atoms with E-state index >= 15 is 0 Å². The average molecular weight is 259 g/mol. The van der Waals surface area contributed by atoms with Crippen molar-refractivity contribution >= 4 is 5.91 Å². The Labute approximate surface area is 114 Å². The summed E-state index contributed by atoms with van der Waals surface area (Å²) < 4.78 is 0. The molecule has 1 aliphatic carbocycles. The van der Waals surface area contributed by atoms with Gasteiger partial charge >= 0.3 is 0 Å². The largest absolute Gasteiger partial charge is 0.333 e. The minimum atomic E-state index is 0.0971. The van der Waals surface area contributed by atoms with Crippen LogP contribution < -0.4 is 5.32 Å². The second kappa shape index (κ2) is 5.29. The summed E-state index contributed by atoms with van der Waals surface area (Å²) in [6, 6.07) is 6.57. The lowest BCUT2D eigenvalue weighted by molar-refractivity contribution is 0.0722. The van der Waals surface area contributed by atoms with Crippen LogP contribution in [0.3, 0.4) is 0 Å². The molecule has 1 aliphatic heterocycles. The van der Waals surface area contributed by atoms with Crippen LogP contribution >= 0.6 is 0 Å². The van der Waals surface area contributed by atoms with E-state index in [9.17, 15) is 4.79 Å². The molecule has 102 valence electrons. The van der Waals surface area contributed by atoms with E-state index in [1.165, 1.54) is 12.8 Å². The molecule has 19 heavy (non-hydrogen) atoms. The lowest BCUT2D eigenvalue weighted by Gasteiger charge is -2.25. The van der Waals surface area contributed by atoms with Crippen LogP contribution in [0.25, 0.3) is 0 Å². The minimum absolute atomic E-state index is 0.0971. The Hall–Kier alpha value is -1.42. The normalized spacial score (nSPS) is 22.5. The number of rotatable bonds is 4. The molecular weight excluding hydrogens is 238 g/mol. The number of hydrogen-bond donors (Lipinski definition) is 1. The second-order valence-corrected chi connectivity index (χ2v) is 5.65. The molecule has 1 N–H and O–H groups in total. The van der Waals surface area contributed by atoms with E-state index < -0.39 is 0 Å². The van der Waals surface area contributed by atoms with Crippen LogP contribution in [0.4, 0.5) is 0 Å². The van der Waals surface area contributed by atoms with Gasteiger partial charge in [-0.2, -0.15) is 0 Å². The average Bonchev–Trinajstić information content (AvgIpc) is 3.12. The Morgan fingerprint density at radius 2 is 2.26 bits per heavy atom. The maximum Gasteiger partial charge on any atom is 0.272 e. The van der Waals surface area contributed by atoms with Gasteiger partial charge in [0.2, 0.25) is 0 Å². The molecule has 1 amide bonds. The summed E-state index contributed by atoms with van der Waals surface area (Å²) in [4.78, 5) is 19.0. The van der Waals surface area contributed by atoms with Gasteiger partial charge in [0.05, 0.1) is 0 Å². The van der Waals surface area contributed by atoms with Crippen molar-refractivity contribution in [1.82, 2.24) is 15.2 Å². The predicted octanol–water partition coefficient (Wildman–Crippen LogP) is 1.75.